The molecule has 1 fully saturated rings. The Morgan fingerprint density at radius 3 is 2.64 bits per heavy atom. The van der Waals surface area contributed by atoms with Crippen molar-refractivity contribution in [2.24, 2.45) is 0 Å². The highest BCUT2D eigenvalue weighted by molar-refractivity contribution is 7.13. The van der Waals surface area contributed by atoms with Crippen LogP contribution in [0, 0.1) is 25.2 Å². The number of thiazole rings is 1. The normalized spacial score (nSPS) is 14.7. The van der Waals surface area contributed by atoms with Crippen molar-refractivity contribution in [3.8, 4) is 17.5 Å². The van der Waals surface area contributed by atoms with E-state index in [1.807, 2.05) is 49.6 Å². The number of benzene rings is 1. The Balaban J connectivity index is 1.55. The standard InChI is InChI=1S/C25H27N5O2S/c1-18-15-20(19(2)30(18)22-5-7-23(32-3)8-6-22)16-21(17-26)24(31)28-10-4-11-29(13-12-28)25-27-9-14-33-25/h5-9,14-16H,4,10-13H2,1-3H3/b21-16-. The summed E-state index contributed by atoms with van der Waals surface area (Å²) >= 11 is 1.60. The van der Waals surface area contributed by atoms with Crippen molar-refractivity contribution in [1.29, 1.82) is 5.26 Å². The van der Waals surface area contributed by atoms with Gasteiger partial charge in [-0.2, -0.15) is 5.26 Å². The van der Waals surface area contributed by atoms with E-state index in [1.54, 1.807) is 35.6 Å². The van der Waals surface area contributed by atoms with Gasteiger partial charge in [0.25, 0.3) is 5.91 Å². The summed E-state index contributed by atoms with van der Waals surface area (Å²) in [5, 5.41) is 12.7. The van der Waals surface area contributed by atoms with E-state index in [0.717, 1.165) is 46.5 Å². The summed E-state index contributed by atoms with van der Waals surface area (Å²) in [6.45, 7) is 6.79. The van der Waals surface area contributed by atoms with E-state index in [0.29, 0.717) is 19.6 Å². The van der Waals surface area contributed by atoms with Gasteiger partial charge in [-0.25, -0.2) is 4.98 Å². The van der Waals surface area contributed by atoms with Crippen LogP contribution >= 0.6 is 11.3 Å². The van der Waals surface area contributed by atoms with Crippen LogP contribution < -0.4 is 9.64 Å². The van der Waals surface area contributed by atoms with Gasteiger partial charge in [-0.15, -0.1) is 11.3 Å². The predicted molar refractivity (Wildman–Crippen MR) is 131 cm³/mol. The monoisotopic (exact) mass is 461 g/mol. The van der Waals surface area contributed by atoms with Gasteiger partial charge in [0.1, 0.15) is 17.4 Å². The first kappa shape index (κ1) is 22.6. The summed E-state index contributed by atoms with van der Waals surface area (Å²) < 4.78 is 7.37. The third kappa shape index (κ3) is 4.78. The van der Waals surface area contributed by atoms with Gasteiger partial charge >= 0.3 is 0 Å². The Morgan fingerprint density at radius 1 is 1.18 bits per heavy atom. The fourth-order valence-electron chi connectivity index (χ4n) is 4.21. The number of amides is 1. The minimum Gasteiger partial charge on any atom is -0.497 e. The molecule has 0 unspecified atom stereocenters. The van der Waals surface area contributed by atoms with Gasteiger partial charge in [0.15, 0.2) is 5.13 Å². The number of anilines is 1. The third-order valence-corrected chi connectivity index (χ3v) is 6.76. The lowest BCUT2D eigenvalue weighted by atomic mass is 10.1. The number of carbonyl (C=O) groups is 1. The second kappa shape index (κ2) is 9.92. The van der Waals surface area contributed by atoms with Gasteiger partial charge in [0.2, 0.25) is 0 Å². The molecule has 33 heavy (non-hydrogen) atoms. The van der Waals surface area contributed by atoms with Gasteiger partial charge in [-0.05, 0) is 62.2 Å². The van der Waals surface area contributed by atoms with Crippen LogP contribution in [0.2, 0.25) is 0 Å². The number of nitriles is 1. The Morgan fingerprint density at radius 2 is 1.97 bits per heavy atom. The molecule has 0 aliphatic carbocycles. The number of aromatic nitrogens is 2. The zero-order chi connectivity index (χ0) is 23.4. The molecule has 0 atom stereocenters. The summed E-state index contributed by atoms with van der Waals surface area (Å²) in [4.78, 5) is 21.6. The molecule has 1 amide bonds. The summed E-state index contributed by atoms with van der Waals surface area (Å²) in [5.74, 6) is 0.581. The van der Waals surface area contributed by atoms with Crippen LogP contribution in [-0.4, -0.2) is 53.6 Å². The molecule has 0 saturated carbocycles. The number of nitrogens with zero attached hydrogens (tertiary/aromatic N) is 5. The fraction of sp³-hybridized carbons (Fsp3) is 0.320. The molecule has 3 heterocycles. The highest BCUT2D eigenvalue weighted by atomic mass is 32.1. The van der Waals surface area contributed by atoms with E-state index >= 15 is 0 Å². The van der Waals surface area contributed by atoms with Crippen LogP contribution in [0.15, 0.2) is 47.5 Å². The number of methoxy groups -OCH3 is 1. The van der Waals surface area contributed by atoms with E-state index in [4.69, 9.17) is 4.74 Å². The number of ether oxygens (including phenoxy) is 1. The van der Waals surface area contributed by atoms with E-state index in [9.17, 15) is 10.1 Å². The lowest BCUT2D eigenvalue weighted by molar-refractivity contribution is -0.126. The Hall–Kier alpha value is -3.57. The van der Waals surface area contributed by atoms with Crippen LogP contribution in [0.5, 0.6) is 5.75 Å². The number of hydrogen-bond donors (Lipinski definition) is 0. The molecule has 7 nitrogen and oxygen atoms in total. The first-order valence-corrected chi connectivity index (χ1v) is 11.8. The molecular formula is C25H27N5O2S. The number of aryl methyl sites for hydroxylation is 1. The van der Waals surface area contributed by atoms with Gasteiger partial charge in [-0.3, -0.25) is 4.79 Å². The number of carbonyl (C=O) groups excluding carboxylic acids is 1. The molecule has 1 aromatic carbocycles. The van der Waals surface area contributed by atoms with Crippen molar-refractivity contribution in [3.05, 3.63) is 64.4 Å². The van der Waals surface area contributed by atoms with Crippen molar-refractivity contribution >= 4 is 28.5 Å². The third-order valence-electron chi connectivity index (χ3n) is 5.92. The summed E-state index contributed by atoms with van der Waals surface area (Å²) in [7, 11) is 1.64. The molecule has 0 spiro atoms. The molecule has 2 aromatic heterocycles. The van der Waals surface area contributed by atoms with Crippen LogP contribution in [0.4, 0.5) is 5.13 Å². The van der Waals surface area contributed by atoms with Gasteiger partial charge in [0, 0.05) is 54.8 Å². The molecule has 1 saturated heterocycles. The molecule has 0 bridgehead atoms. The first-order chi connectivity index (χ1) is 16.0. The van der Waals surface area contributed by atoms with Crippen molar-refractivity contribution in [2.75, 3.05) is 38.2 Å². The lowest BCUT2D eigenvalue weighted by Gasteiger charge is -2.21. The summed E-state index contributed by atoms with van der Waals surface area (Å²) in [6.07, 6.45) is 4.36. The van der Waals surface area contributed by atoms with E-state index in [1.165, 1.54) is 0 Å². The molecular weight excluding hydrogens is 434 g/mol. The van der Waals surface area contributed by atoms with Crippen LogP contribution in [0.25, 0.3) is 11.8 Å². The number of rotatable bonds is 5. The first-order valence-electron chi connectivity index (χ1n) is 10.9. The SMILES string of the molecule is COc1ccc(-n2c(C)cc(/C=C(/C#N)C(=O)N3CCCN(c4nccs4)CC3)c2C)cc1. The number of hydrogen-bond acceptors (Lipinski definition) is 6. The zero-order valence-electron chi connectivity index (χ0n) is 19.1. The minimum atomic E-state index is -0.215. The molecule has 1 aliphatic rings. The molecule has 170 valence electrons. The van der Waals surface area contributed by atoms with E-state index in [-0.39, 0.29) is 11.5 Å². The van der Waals surface area contributed by atoms with Crippen LogP contribution in [0.1, 0.15) is 23.4 Å². The van der Waals surface area contributed by atoms with Gasteiger partial charge < -0.3 is 19.1 Å². The zero-order valence-corrected chi connectivity index (χ0v) is 19.9. The van der Waals surface area contributed by atoms with Crippen molar-refractivity contribution in [2.45, 2.75) is 20.3 Å². The molecule has 0 radical (unpaired) electrons. The molecule has 3 aromatic rings. The quantitative estimate of drug-likeness (QED) is 0.420. The second-order valence-corrected chi connectivity index (χ2v) is 8.85. The van der Waals surface area contributed by atoms with Crippen molar-refractivity contribution in [1.82, 2.24) is 14.5 Å². The molecule has 8 heteroatoms. The largest absolute Gasteiger partial charge is 0.497 e. The Labute approximate surface area is 198 Å². The van der Waals surface area contributed by atoms with E-state index in [2.05, 4.69) is 20.5 Å². The predicted octanol–water partition coefficient (Wildman–Crippen LogP) is 4.21. The van der Waals surface area contributed by atoms with Gasteiger partial charge in [0.05, 0.1) is 7.11 Å². The maximum absolute atomic E-state index is 13.2. The van der Waals surface area contributed by atoms with Crippen LogP contribution in [0.3, 0.4) is 0 Å². The molecule has 1 aliphatic heterocycles. The fourth-order valence-corrected chi connectivity index (χ4v) is 4.91. The Kier molecular flexibility index (Phi) is 6.80. The maximum Gasteiger partial charge on any atom is 0.264 e. The van der Waals surface area contributed by atoms with Crippen LogP contribution in [-0.2, 0) is 4.79 Å². The van der Waals surface area contributed by atoms with Crippen molar-refractivity contribution in [3.63, 3.8) is 0 Å². The average molecular weight is 462 g/mol. The summed E-state index contributed by atoms with van der Waals surface area (Å²) in [5.41, 5.74) is 4.04. The minimum absolute atomic E-state index is 0.160. The second-order valence-electron chi connectivity index (χ2n) is 7.98. The highest BCUT2D eigenvalue weighted by Crippen LogP contribution is 2.25. The Bertz CT molecular complexity index is 1190. The summed E-state index contributed by atoms with van der Waals surface area (Å²) in [6, 6.07) is 12.0. The van der Waals surface area contributed by atoms with E-state index < -0.39 is 0 Å². The average Bonchev–Trinajstić information content (AvgIpc) is 3.38. The topological polar surface area (TPSA) is 74.4 Å². The lowest BCUT2D eigenvalue weighted by Crippen LogP contribution is -2.35. The molecule has 4 rings (SSSR count). The molecule has 0 N–H and O–H groups in total. The maximum atomic E-state index is 13.2. The highest BCUT2D eigenvalue weighted by Gasteiger charge is 2.23. The smallest absolute Gasteiger partial charge is 0.264 e. The van der Waals surface area contributed by atoms with Gasteiger partial charge in [-0.1, -0.05) is 0 Å². The van der Waals surface area contributed by atoms with Crippen molar-refractivity contribution < 1.29 is 9.53 Å².